The first-order valence-electron chi connectivity index (χ1n) is 7.90. The highest BCUT2D eigenvalue weighted by molar-refractivity contribution is 5.94. The number of nitrogens with zero attached hydrogens (tertiary/aromatic N) is 2. The second kappa shape index (κ2) is 6.70. The van der Waals surface area contributed by atoms with E-state index in [-0.39, 0.29) is 17.4 Å². The molecule has 0 bridgehead atoms. The lowest BCUT2D eigenvalue weighted by molar-refractivity contribution is -0.130. The van der Waals surface area contributed by atoms with Crippen molar-refractivity contribution in [3.8, 4) is 11.3 Å². The summed E-state index contributed by atoms with van der Waals surface area (Å²) < 4.78 is 0. The summed E-state index contributed by atoms with van der Waals surface area (Å²) >= 11 is 0. The maximum atomic E-state index is 12.5. The van der Waals surface area contributed by atoms with Crippen molar-refractivity contribution in [1.82, 2.24) is 14.8 Å². The number of aromatic amines is 1. The van der Waals surface area contributed by atoms with E-state index in [4.69, 9.17) is 0 Å². The number of piperazine rings is 1. The number of H-pyrrole nitrogens is 1. The van der Waals surface area contributed by atoms with Gasteiger partial charge in [-0.25, -0.2) is 0 Å². The van der Waals surface area contributed by atoms with E-state index in [9.17, 15) is 14.4 Å². The average Bonchev–Trinajstić information content (AvgIpc) is 2.62. The Morgan fingerprint density at radius 1 is 0.917 bits per heavy atom. The molecule has 0 spiro atoms. The second-order valence-electron chi connectivity index (χ2n) is 5.78. The molecule has 0 atom stereocenters. The number of hydrogen-bond acceptors (Lipinski definition) is 3. The van der Waals surface area contributed by atoms with Gasteiger partial charge in [0.15, 0.2) is 0 Å². The van der Waals surface area contributed by atoms with Crippen molar-refractivity contribution >= 4 is 11.8 Å². The summed E-state index contributed by atoms with van der Waals surface area (Å²) in [6.45, 7) is 3.41. The smallest absolute Gasteiger partial charge is 0.261 e. The van der Waals surface area contributed by atoms with Gasteiger partial charge in [-0.05, 0) is 17.7 Å². The number of hydrogen-bond donors (Lipinski definition) is 1. The Bertz CT molecular complexity index is 806. The normalized spacial score (nSPS) is 14.5. The number of nitrogens with one attached hydrogen (secondary N) is 1. The van der Waals surface area contributed by atoms with Gasteiger partial charge in [0.05, 0.1) is 0 Å². The van der Waals surface area contributed by atoms with Gasteiger partial charge in [-0.15, -0.1) is 0 Å². The third kappa shape index (κ3) is 3.22. The summed E-state index contributed by atoms with van der Waals surface area (Å²) in [5.41, 5.74) is 1.31. The predicted molar refractivity (Wildman–Crippen MR) is 90.7 cm³/mol. The van der Waals surface area contributed by atoms with E-state index in [1.165, 1.54) is 6.92 Å². The first kappa shape index (κ1) is 16.0. The van der Waals surface area contributed by atoms with Gasteiger partial charge in [-0.3, -0.25) is 14.4 Å². The van der Waals surface area contributed by atoms with Crippen molar-refractivity contribution in [3.63, 3.8) is 0 Å². The van der Waals surface area contributed by atoms with Crippen LogP contribution < -0.4 is 5.56 Å². The van der Waals surface area contributed by atoms with Crippen LogP contribution in [0, 0.1) is 0 Å². The van der Waals surface area contributed by atoms with Crippen molar-refractivity contribution < 1.29 is 9.59 Å². The van der Waals surface area contributed by atoms with Gasteiger partial charge in [0, 0.05) is 38.8 Å². The van der Waals surface area contributed by atoms with E-state index < -0.39 is 5.56 Å². The van der Waals surface area contributed by atoms with Crippen LogP contribution in [0.2, 0.25) is 0 Å². The molecule has 0 radical (unpaired) electrons. The Balaban J connectivity index is 1.77. The Labute approximate surface area is 139 Å². The molecule has 2 heterocycles. The van der Waals surface area contributed by atoms with Crippen molar-refractivity contribution in [1.29, 1.82) is 0 Å². The number of aromatic nitrogens is 1. The largest absolute Gasteiger partial charge is 0.339 e. The van der Waals surface area contributed by atoms with Gasteiger partial charge in [0.25, 0.3) is 11.5 Å². The van der Waals surface area contributed by atoms with Crippen LogP contribution in [0.5, 0.6) is 0 Å². The summed E-state index contributed by atoms with van der Waals surface area (Å²) in [4.78, 5) is 42.3. The molecule has 1 fully saturated rings. The fourth-order valence-electron chi connectivity index (χ4n) is 2.82. The van der Waals surface area contributed by atoms with Gasteiger partial charge in [-0.2, -0.15) is 0 Å². The Kier molecular flexibility index (Phi) is 4.46. The van der Waals surface area contributed by atoms with Crippen molar-refractivity contribution in [2.75, 3.05) is 26.2 Å². The molecule has 24 heavy (non-hydrogen) atoms. The van der Waals surface area contributed by atoms with E-state index in [1.807, 2.05) is 30.3 Å². The fourth-order valence-corrected chi connectivity index (χ4v) is 2.82. The SMILES string of the molecule is CC(=O)N1CCN(C(=O)c2ccc(-c3ccccc3)[nH]c2=O)CC1. The zero-order chi connectivity index (χ0) is 17.1. The molecule has 6 nitrogen and oxygen atoms in total. The van der Waals surface area contributed by atoms with Crippen LogP contribution in [0.3, 0.4) is 0 Å². The van der Waals surface area contributed by atoms with Gasteiger partial charge in [0.1, 0.15) is 5.56 Å². The molecule has 1 aromatic carbocycles. The number of rotatable bonds is 2. The van der Waals surface area contributed by atoms with Crippen LogP contribution >= 0.6 is 0 Å². The molecule has 0 unspecified atom stereocenters. The van der Waals surface area contributed by atoms with Crippen LogP contribution in [0.1, 0.15) is 17.3 Å². The van der Waals surface area contributed by atoms with Gasteiger partial charge >= 0.3 is 0 Å². The Morgan fingerprint density at radius 3 is 2.12 bits per heavy atom. The second-order valence-corrected chi connectivity index (χ2v) is 5.78. The molecule has 1 saturated heterocycles. The van der Waals surface area contributed by atoms with E-state index >= 15 is 0 Å². The number of benzene rings is 1. The summed E-state index contributed by atoms with van der Waals surface area (Å²) in [7, 11) is 0. The lowest BCUT2D eigenvalue weighted by Gasteiger charge is -2.34. The van der Waals surface area contributed by atoms with E-state index in [0.717, 1.165) is 5.56 Å². The Hall–Kier alpha value is -2.89. The van der Waals surface area contributed by atoms with Crippen LogP contribution in [-0.2, 0) is 4.79 Å². The molecule has 1 aliphatic rings. The van der Waals surface area contributed by atoms with Crippen LogP contribution in [-0.4, -0.2) is 52.8 Å². The molecule has 0 saturated carbocycles. The molecule has 0 aliphatic carbocycles. The quantitative estimate of drug-likeness (QED) is 0.906. The maximum absolute atomic E-state index is 12.5. The first-order valence-corrected chi connectivity index (χ1v) is 7.90. The highest BCUT2D eigenvalue weighted by atomic mass is 16.2. The minimum absolute atomic E-state index is 0.00663. The fraction of sp³-hybridized carbons (Fsp3) is 0.278. The zero-order valence-electron chi connectivity index (χ0n) is 13.5. The van der Waals surface area contributed by atoms with Gasteiger partial charge in [0.2, 0.25) is 5.91 Å². The summed E-state index contributed by atoms with van der Waals surface area (Å²) in [6, 6.07) is 12.8. The van der Waals surface area contributed by atoms with Crippen LogP contribution in [0.15, 0.2) is 47.3 Å². The van der Waals surface area contributed by atoms with E-state index in [0.29, 0.717) is 31.9 Å². The minimum Gasteiger partial charge on any atom is -0.339 e. The third-order valence-electron chi connectivity index (χ3n) is 4.24. The molecular formula is C18H19N3O3. The minimum atomic E-state index is -0.393. The van der Waals surface area contributed by atoms with Gasteiger partial charge in [-0.1, -0.05) is 30.3 Å². The highest BCUT2D eigenvalue weighted by Gasteiger charge is 2.24. The molecule has 1 N–H and O–H groups in total. The topological polar surface area (TPSA) is 73.5 Å². The molecule has 2 aromatic rings. The van der Waals surface area contributed by atoms with Gasteiger partial charge < -0.3 is 14.8 Å². The van der Waals surface area contributed by atoms with Crippen LogP contribution in [0.25, 0.3) is 11.3 Å². The van der Waals surface area contributed by atoms with Crippen LogP contribution in [0.4, 0.5) is 0 Å². The number of pyridine rings is 1. The highest BCUT2D eigenvalue weighted by Crippen LogP contribution is 2.15. The molecule has 1 aromatic heterocycles. The molecule has 2 amide bonds. The van der Waals surface area contributed by atoms with Crippen molar-refractivity contribution in [2.45, 2.75) is 6.92 Å². The maximum Gasteiger partial charge on any atom is 0.261 e. The zero-order valence-corrected chi connectivity index (χ0v) is 13.5. The summed E-state index contributed by atoms with van der Waals surface area (Å²) in [5, 5.41) is 0. The molecule has 3 rings (SSSR count). The van der Waals surface area contributed by atoms with Crippen molar-refractivity contribution in [2.24, 2.45) is 0 Å². The van der Waals surface area contributed by atoms with Crippen molar-refractivity contribution in [3.05, 3.63) is 58.4 Å². The first-order chi connectivity index (χ1) is 11.6. The molecule has 124 valence electrons. The predicted octanol–water partition coefficient (Wildman–Crippen LogP) is 1.35. The lowest BCUT2D eigenvalue weighted by atomic mass is 10.1. The standard InChI is InChI=1S/C18H19N3O3/c1-13(22)20-9-11-21(12-10-20)18(24)15-7-8-16(19-17(15)23)14-5-3-2-4-6-14/h2-8H,9-12H2,1H3,(H,19,23). The lowest BCUT2D eigenvalue weighted by Crippen LogP contribution is -2.50. The molecule has 1 aliphatic heterocycles. The number of carbonyl (C=O) groups excluding carboxylic acids is 2. The third-order valence-corrected chi connectivity index (χ3v) is 4.24. The van der Waals surface area contributed by atoms with E-state index in [1.54, 1.807) is 21.9 Å². The molecular weight excluding hydrogens is 306 g/mol. The number of amides is 2. The van der Waals surface area contributed by atoms with E-state index in [2.05, 4.69) is 4.98 Å². The monoisotopic (exact) mass is 325 g/mol. The summed E-state index contributed by atoms with van der Waals surface area (Å²) in [6.07, 6.45) is 0. The summed E-state index contributed by atoms with van der Waals surface area (Å²) in [5.74, 6) is -0.286. The molecule has 6 heteroatoms. The Morgan fingerprint density at radius 2 is 1.54 bits per heavy atom. The average molecular weight is 325 g/mol. The number of carbonyl (C=O) groups is 2.